The lowest BCUT2D eigenvalue weighted by Gasteiger charge is -2.00. The van der Waals surface area contributed by atoms with E-state index in [1.807, 2.05) is 6.07 Å². The fourth-order valence-corrected chi connectivity index (χ4v) is 2.55. The van der Waals surface area contributed by atoms with Gasteiger partial charge in [0.2, 0.25) is 0 Å². The van der Waals surface area contributed by atoms with E-state index in [1.165, 1.54) is 18.4 Å². The fourth-order valence-electron chi connectivity index (χ4n) is 1.20. The molecule has 14 heavy (non-hydrogen) atoms. The van der Waals surface area contributed by atoms with Gasteiger partial charge in [0.1, 0.15) is 0 Å². The Kier molecular flexibility index (Phi) is 2.52. The lowest BCUT2D eigenvalue weighted by Crippen LogP contribution is -2.01. The van der Waals surface area contributed by atoms with Gasteiger partial charge < -0.3 is 4.74 Å². The van der Waals surface area contributed by atoms with E-state index in [0.717, 1.165) is 9.17 Å². The van der Waals surface area contributed by atoms with E-state index in [4.69, 9.17) is 0 Å². The molecule has 0 spiro atoms. The molecule has 0 saturated carbocycles. The minimum atomic E-state index is -0.359. The Balaban J connectivity index is 2.72. The van der Waals surface area contributed by atoms with Gasteiger partial charge in [-0.15, -0.1) is 11.3 Å². The highest BCUT2D eigenvalue weighted by molar-refractivity contribution is 9.10. The van der Waals surface area contributed by atoms with Gasteiger partial charge >= 0.3 is 5.97 Å². The van der Waals surface area contributed by atoms with E-state index < -0.39 is 0 Å². The van der Waals surface area contributed by atoms with Crippen molar-refractivity contribution in [2.75, 3.05) is 7.11 Å². The van der Waals surface area contributed by atoms with Crippen LogP contribution in [0.3, 0.4) is 0 Å². The topological polar surface area (TPSA) is 39.2 Å². The van der Waals surface area contributed by atoms with Gasteiger partial charge in [-0.05, 0) is 12.1 Å². The molecule has 2 aromatic rings. The summed E-state index contributed by atoms with van der Waals surface area (Å²) in [6.07, 6.45) is 0. The fraction of sp³-hybridized carbons (Fsp3) is 0.111. The molecule has 0 radical (unpaired) electrons. The zero-order valence-electron chi connectivity index (χ0n) is 7.28. The molecule has 0 aliphatic heterocycles. The van der Waals surface area contributed by atoms with Gasteiger partial charge in [-0.25, -0.2) is 9.78 Å². The summed E-state index contributed by atoms with van der Waals surface area (Å²) in [5, 5.41) is 0. The lowest BCUT2D eigenvalue weighted by atomic mass is 10.2. The van der Waals surface area contributed by atoms with Gasteiger partial charge in [0.05, 0.1) is 28.4 Å². The summed E-state index contributed by atoms with van der Waals surface area (Å²) in [6.45, 7) is 0. The van der Waals surface area contributed by atoms with Crippen LogP contribution in [0, 0.1) is 0 Å². The van der Waals surface area contributed by atoms with Crippen molar-refractivity contribution in [1.29, 1.82) is 0 Å². The molecule has 2 rings (SSSR count). The van der Waals surface area contributed by atoms with Crippen molar-refractivity contribution in [1.82, 2.24) is 4.98 Å². The standard InChI is InChI=1S/C9H6BrNO2S/c1-13-9(12)6-2-5(10)3-7-8(6)11-4-14-7/h2-4H,1H3. The van der Waals surface area contributed by atoms with E-state index in [0.29, 0.717) is 11.1 Å². The van der Waals surface area contributed by atoms with Crippen LogP contribution in [0.15, 0.2) is 22.1 Å². The van der Waals surface area contributed by atoms with Gasteiger partial charge in [-0.3, -0.25) is 0 Å². The molecule has 1 heterocycles. The number of ether oxygens (including phenoxy) is 1. The molecular weight excluding hydrogens is 266 g/mol. The van der Waals surface area contributed by atoms with E-state index in [-0.39, 0.29) is 5.97 Å². The molecule has 72 valence electrons. The van der Waals surface area contributed by atoms with Crippen LogP contribution >= 0.6 is 27.3 Å². The third-order valence-corrected chi connectivity index (χ3v) is 3.04. The Hall–Kier alpha value is -0.940. The first kappa shape index (κ1) is 9.61. The molecule has 1 aromatic carbocycles. The molecule has 3 nitrogen and oxygen atoms in total. The Labute approximate surface area is 92.8 Å². The van der Waals surface area contributed by atoms with Crippen molar-refractivity contribution in [3.63, 3.8) is 0 Å². The summed E-state index contributed by atoms with van der Waals surface area (Å²) < 4.78 is 6.50. The summed E-state index contributed by atoms with van der Waals surface area (Å²) in [5.41, 5.74) is 2.91. The number of methoxy groups -OCH3 is 1. The molecule has 0 amide bonds. The molecule has 5 heteroatoms. The van der Waals surface area contributed by atoms with Crippen molar-refractivity contribution in [2.24, 2.45) is 0 Å². The summed E-state index contributed by atoms with van der Waals surface area (Å²) in [6, 6.07) is 3.65. The van der Waals surface area contributed by atoms with Crippen molar-refractivity contribution < 1.29 is 9.53 Å². The third kappa shape index (κ3) is 1.53. The predicted octanol–water partition coefficient (Wildman–Crippen LogP) is 2.85. The van der Waals surface area contributed by atoms with Gasteiger partial charge in [0.15, 0.2) is 0 Å². The number of thiazole rings is 1. The van der Waals surface area contributed by atoms with Crippen LogP contribution in [0.25, 0.3) is 10.2 Å². The van der Waals surface area contributed by atoms with Crippen LogP contribution in [0.5, 0.6) is 0 Å². The van der Waals surface area contributed by atoms with E-state index >= 15 is 0 Å². The second-order valence-corrected chi connectivity index (χ2v) is 4.45. The van der Waals surface area contributed by atoms with Crippen LogP contribution in [0.2, 0.25) is 0 Å². The van der Waals surface area contributed by atoms with Crippen LogP contribution in [-0.2, 0) is 4.74 Å². The van der Waals surface area contributed by atoms with E-state index in [1.54, 1.807) is 11.6 Å². The van der Waals surface area contributed by atoms with Crippen LogP contribution in [-0.4, -0.2) is 18.1 Å². The molecule has 0 atom stereocenters. The maximum Gasteiger partial charge on any atom is 0.340 e. The minimum Gasteiger partial charge on any atom is -0.465 e. The summed E-state index contributed by atoms with van der Waals surface area (Å²) in [7, 11) is 1.36. The number of aromatic nitrogens is 1. The van der Waals surface area contributed by atoms with Crippen LogP contribution in [0.4, 0.5) is 0 Å². The Morgan fingerprint density at radius 2 is 2.36 bits per heavy atom. The average Bonchev–Trinajstić information content (AvgIpc) is 2.62. The molecule has 0 aliphatic carbocycles. The normalized spacial score (nSPS) is 10.4. The smallest absolute Gasteiger partial charge is 0.340 e. The molecule has 0 aliphatic rings. The van der Waals surface area contributed by atoms with Gasteiger partial charge in [0.25, 0.3) is 0 Å². The molecule has 0 fully saturated rings. The largest absolute Gasteiger partial charge is 0.465 e. The Morgan fingerprint density at radius 1 is 1.57 bits per heavy atom. The number of benzene rings is 1. The highest BCUT2D eigenvalue weighted by Gasteiger charge is 2.13. The summed E-state index contributed by atoms with van der Waals surface area (Å²) >= 11 is 4.83. The number of carbonyl (C=O) groups is 1. The van der Waals surface area contributed by atoms with Gasteiger partial charge in [0, 0.05) is 4.47 Å². The van der Waals surface area contributed by atoms with Gasteiger partial charge in [-0.1, -0.05) is 15.9 Å². The number of nitrogens with zero attached hydrogens (tertiary/aromatic N) is 1. The maximum atomic E-state index is 11.4. The highest BCUT2D eigenvalue weighted by Crippen LogP contribution is 2.26. The Bertz CT molecular complexity index is 495. The molecular formula is C9H6BrNO2S. The SMILES string of the molecule is COC(=O)c1cc(Br)cc2scnc12. The highest BCUT2D eigenvalue weighted by atomic mass is 79.9. The summed E-state index contributed by atoms with van der Waals surface area (Å²) in [4.78, 5) is 15.5. The molecule has 0 N–H and O–H groups in total. The number of fused-ring (bicyclic) bond motifs is 1. The first-order valence-corrected chi connectivity index (χ1v) is 5.50. The van der Waals surface area contributed by atoms with Crippen molar-refractivity contribution in [3.05, 3.63) is 27.7 Å². The second kappa shape index (κ2) is 3.67. The van der Waals surface area contributed by atoms with Crippen LogP contribution < -0.4 is 0 Å². The second-order valence-electron chi connectivity index (χ2n) is 2.64. The first-order valence-electron chi connectivity index (χ1n) is 3.83. The monoisotopic (exact) mass is 271 g/mol. The third-order valence-electron chi connectivity index (χ3n) is 1.81. The Morgan fingerprint density at radius 3 is 3.07 bits per heavy atom. The lowest BCUT2D eigenvalue weighted by molar-refractivity contribution is 0.0602. The molecule has 0 unspecified atom stereocenters. The molecule has 0 bridgehead atoms. The maximum absolute atomic E-state index is 11.4. The van der Waals surface area contributed by atoms with Gasteiger partial charge in [-0.2, -0.15) is 0 Å². The number of hydrogen-bond donors (Lipinski definition) is 0. The number of halogens is 1. The zero-order chi connectivity index (χ0) is 10.1. The molecule has 0 saturated heterocycles. The number of carbonyl (C=O) groups excluding carboxylic acids is 1. The number of hydrogen-bond acceptors (Lipinski definition) is 4. The average molecular weight is 272 g/mol. The van der Waals surface area contributed by atoms with Crippen LogP contribution in [0.1, 0.15) is 10.4 Å². The quantitative estimate of drug-likeness (QED) is 0.749. The van der Waals surface area contributed by atoms with Crippen molar-refractivity contribution >= 4 is 43.5 Å². The predicted molar refractivity (Wildman–Crippen MR) is 58.7 cm³/mol. The van der Waals surface area contributed by atoms with Crippen molar-refractivity contribution in [3.8, 4) is 0 Å². The number of rotatable bonds is 1. The van der Waals surface area contributed by atoms with E-state index in [9.17, 15) is 4.79 Å². The minimum absolute atomic E-state index is 0.359. The zero-order valence-corrected chi connectivity index (χ0v) is 9.68. The first-order chi connectivity index (χ1) is 6.72. The summed E-state index contributed by atoms with van der Waals surface area (Å²) in [5.74, 6) is -0.359. The van der Waals surface area contributed by atoms with Crippen molar-refractivity contribution in [2.45, 2.75) is 0 Å². The molecule has 1 aromatic heterocycles. The number of esters is 1. The van der Waals surface area contributed by atoms with E-state index in [2.05, 4.69) is 25.7 Å².